The van der Waals surface area contributed by atoms with Gasteiger partial charge in [-0.3, -0.25) is 0 Å². The van der Waals surface area contributed by atoms with Gasteiger partial charge in [0.15, 0.2) is 0 Å². The van der Waals surface area contributed by atoms with Crippen LogP contribution in [0.4, 0.5) is 0 Å². The van der Waals surface area contributed by atoms with Crippen molar-refractivity contribution in [2.75, 3.05) is 0 Å². The molecule has 0 saturated carbocycles. The smallest absolute Gasteiger partial charge is 0.0158 e. The van der Waals surface area contributed by atoms with Gasteiger partial charge in [0.1, 0.15) is 0 Å². The highest BCUT2D eigenvalue weighted by Gasteiger charge is 2.34. The first-order valence-electron chi connectivity index (χ1n) is 11.8. The third kappa shape index (κ3) is 6.57. The standard InChI is InChI=1S/C15H14.C10H8.3C2H6.CH4/c1-15(2)13-9-5-3-7-11(13)12-8-4-6-10-14(12)15;1-2-6-10-8-4-3-7-9(10)5-1;3*1-2;/h3-10H,1-2H3;1-8H;3*1-2H3;1H4. The van der Waals surface area contributed by atoms with E-state index in [2.05, 4.69) is 111 Å². The molecular formula is C32H44. The Morgan fingerprint density at radius 1 is 0.406 bits per heavy atom. The summed E-state index contributed by atoms with van der Waals surface area (Å²) >= 11 is 0. The lowest BCUT2D eigenvalue weighted by Gasteiger charge is -2.20. The molecule has 0 N–H and O–H groups in total. The molecule has 1 aliphatic carbocycles. The van der Waals surface area contributed by atoms with Crippen molar-refractivity contribution in [1.29, 1.82) is 0 Å². The summed E-state index contributed by atoms with van der Waals surface area (Å²) < 4.78 is 0. The number of fused-ring (bicyclic) bond motifs is 4. The van der Waals surface area contributed by atoms with E-state index >= 15 is 0 Å². The van der Waals surface area contributed by atoms with Crippen LogP contribution in [0.2, 0.25) is 0 Å². The molecular weight excluding hydrogens is 384 g/mol. The third-order valence-electron chi connectivity index (χ3n) is 5.15. The Kier molecular flexibility index (Phi) is 13.7. The SMILES string of the molecule is C.CC.CC.CC.CC1(C)c2ccccc2-c2ccccc21.c1ccc2ccccc2c1. The lowest BCUT2D eigenvalue weighted by Crippen LogP contribution is -2.14. The topological polar surface area (TPSA) is 0 Å². The predicted octanol–water partition coefficient (Wildman–Crippen LogP) is 10.5. The van der Waals surface area contributed by atoms with Crippen molar-refractivity contribution >= 4 is 10.8 Å². The van der Waals surface area contributed by atoms with Crippen molar-refractivity contribution in [3.05, 3.63) is 108 Å². The van der Waals surface area contributed by atoms with Crippen LogP contribution in [0.1, 0.15) is 73.9 Å². The summed E-state index contributed by atoms with van der Waals surface area (Å²) in [5, 5.41) is 2.62. The van der Waals surface area contributed by atoms with Gasteiger partial charge in [-0.2, -0.15) is 0 Å². The van der Waals surface area contributed by atoms with Crippen LogP contribution in [-0.4, -0.2) is 0 Å². The highest BCUT2D eigenvalue weighted by atomic mass is 14.4. The molecule has 0 unspecified atom stereocenters. The minimum absolute atomic E-state index is 0. The maximum atomic E-state index is 2.30. The van der Waals surface area contributed by atoms with E-state index in [9.17, 15) is 0 Å². The summed E-state index contributed by atoms with van der Waals surface area (Å²) in [7, 11) is 0. The van der Waals surface area contributed by atoms with Gasteiger partial charge in [-0.15, -0.1) is 0 Å². The van der Waals surface area contributed by atoms with Crippen molar-refractivity contribution in [2.45, 2.75) is 68.2 Å². The van der Waals surface area contributed by atoms with Crippen LogP contribution in [0, 0.1) is 0 Å². The molecule has 0 atom stereocenters. The van der Waals surface area contributed by atoms with Crippen molar-refractivity contribution in [3.8, 4) is 11.1 Å². The Morgan fingerprint density at radius 2 is 0.656 bits per heavy atom. The quantitative estimate of drug-likeness (QED) is 0.261. The average molecular weight is 429 g/mol. The maximum absolute atomic E-state index is 2.30. The molecule has 0 heteroatoms. The lowest BCUT2D eigenvalue weighted by molar-refractivity contribution is 0.660. The van der Waals surface area contributed by atoms with Crippen molar-refractivity contribution < 1.29 is 0 Å². The van der Waals surface area contributed by atoms with Gasteiger partial charge in [0, 0.05) is 5.41 Å². The second-order valence-electron chi connectivity index (χ2n) is 7.06. The molecule has 32 heavy (non-hydrogen) atoms. The molecule has 0 saturated heterocycles. The van der Waals surface area contributed by atoms with E-state index in [4.69, 9.17) is 0 Å². The first-order valence-corrected chi connectivity index (χ1v) is 11.8. The fraction of sp³-hybridized carbons (Fsp3) is 0.312. The highest BCUT2D eigenvalue weighted by molar-refractivity contribution is 5.82. The lowest BCUT2D eigenvalue weighted by atomic mass is 9.82. The molecule has 0 spiro atoms. The summed E-state index contributed by atoms with van der Waals surface area (Å²) in [5.74, 6) is 0. The van der Waals surface area contributed by atoms with Crippen molar-refractivity contribution in [1.82, 2.24) is 0 Å². The van der Waals surface area contributed by atoms with Crippen LogP contribution in [0.25, 0.3) is 21.9 Å². The van der Waals surface area contributed by atoms with Gasteiger partial charge in [-0.05, 0) is 33.0 Å². The Morgan fingerprint density at radius 3 is 0.969 bits per heavy atom. The summed E-state index contributed by atoms with van der Waals surface area (Å²) in [6, 6.07) is 34.2. The molecule has 0 amide bonds. The normalized spacial score (nSPS) is 11.1. The summed E-state index contributed by atoms with van der Waals surface area (Å²) in [5.41, 5.74) is 5.86. The summed E-state index contributed by atoms with van der Waals surface area (Å²) in [4.78, 5) is 0. The number of rotatable bonds is 0. The molecule has 4 aromatic rings. The second-order valence-corrected chi connectivity index (χ2v) is 7.06. The first kappa shape index (κ1) is 29.1. The molecule has 0 bridgehead atoms. The average Bonchev–Trinajstić information content (AvgIpc) is 3.11. The van der Waals surface area contributed by atoms with Crippen molar-refractivity contribution in [3.63, 3.8) is 0 Å². The molecule has 4 aromatic carbocycles. The zero-order chi connectivity index (χ0) is 23.3. The molecule has 0 aromatic heterocycles. The van der Waals surface area contributed by atoms with Gasteiger partial charge in [0.2, 0.25) is 0 Å². The number of benzene rings is 4. The van der Waals surface area contributed by atoms with E-state index in [0.29, 0.717) is 0 Å². The van der Waals surface area contributed by atoms with Gasteiger partial charge in [0.25, 0.3) is 0 Å². The second kappa shape index (κ2) is 15.0. The Balaban J connectivity index is 0.000000496. The van der Waals surface area contributed by atoms with Gasteiger partial charge in [-0.25, -0.2) is 0 Å². The Bertz CT molecular complexity index is 912. The molecule has 0 aliphatic heterocycles. The van der Waals surface area contributed by atoms with E-state index in [1.165, 1.54) is 33.0 Å². The largest absolute Gasteiger partial charge is 0.0776 e. The first-order chi connectivity index (χ1) is 15.2. The minimum Gasteiger partial charge on any atom is -0.0776 e. The van der Waals surface area contributed by atoms with E-state index < -0.39 is 0 Å². The zero-order valence-corrected chi connectivity index (χ0v) is 20.7. The Hall–Kier alpha value is -2.86. The van der Waals surface area contributed by atoms with Crippen LogP contribution >= 0.6 is 0 Å². The fourth-order valence-electron chi connectivity index (χ4n) is 3.80. The van der Waals surface area contributed by atoms with E-state index in [-0.39, 0.29) is 12.8 Å². The van der Waals surface area contributed by atoms with Crippen LogP contribution in [0.3, 0.4) is 0 Å². The monoisotopic (exact) mass is 428 g/mol. The molecule has 1 aliphatic rings. The molecule has 172 valence electrons. The molecule has 0 nitrogen and oxygen atoms in total. The predicted molar refractivity (Wildman–Crippen MR) is 149 cm³/mol. The van der Waals surface area contributed by atoms with E-state index in [0.717, 1.165) is 0 Å². The summed E-state index contributed by atoms with van der Waals surface area (Å²) in [6.07, 6.45) is 0. The Labute approximate surface area is 198 Å². The summed E-state index contributed by atoms with van der Waals surface area (Å²) in [6.45, 7) is 16.6. The number of hydrogen-bond acceptors (Lipinski definition) is 0. The van der Waals surface area contributed by atoms with Gasteiger partial charge in [0.05, 0.1) is 0 Å². The van der Waals surface area contributed by atoms with Crippen LogP contribution in [-0.2, 0) is 5.41 Å². The molecule has 5 rings (SSSR count). The van der Waals surface area contributed by atoms with Crippen LogP contribution in [0.15, 0.2) is 97.1 Å². The maximum Gasteiger partial charge on any atom is 0.0158 e. The highest BCUT2D eigenvalue weighted by Crippen LogP contribution is 2.47. The van der Waals surface area contributed by atoms with E-state index in [1.54, 1.807) is 0 Å². The van der Waals surface area contributed by atoms with Crippen LogP contribution < -0.4 is 0 Å². The third-order valence-corrected chi connectivity index (χ3v) is 5.15. The molecule has 0 fully saturated rings. The van der Waals surface area contributed by atoms with Gasteiger partial charge >= 0.3 is 0 Å². The van der Waals surface area contributed by atoms with Crippen LogP contribution in [0.5, 0.6) is 0 Å². The minimum atomic E-state index is 0. The number of hydrogen-bond donors (Lipinski definition) is 0. The van der Waals surface area contributed by atoms with Gasteiger partial charge in [-0.1, -0.05) is 160 Å². The van der Waals surface area contributed by atoms with E-state index in [1.807, 2.05) is 41.5 Å². The zero-order valence-electron chi connectivity index (χ0n) is 20.7. The fourth-order valence-corrected chi connectivity index (χ4v) is 3.80. The molecule has 0 radical (unpaired) electrons. The van der Waals surface area contributed by atoms with Gasteiger partial charge < -0.3 is 0 Å². The molecule has 0 heterocycles. The van der Waals surface area contributed by atoms with Crippen molar-refractivity contribution in [2.24, 2.45) is 0 Å².